The Labute approximate surface area is 119 Å². The first-order valence-electron chi connectivity index (χ1n) is 6.53. The van der Waals surface area contributed by atoms with Crippen LogP contribution in [0, 0.1) is 5.92 Å². The monoisotopic (exact) mass is 287 g/mol. The van der Waals surface area contributed by atoms with E-state index >= 15 is 0 Å². The quantitative estimate of drug-likeness (QED) is 0.640. The fourth-order valence-electron chi connectivity index (χ4n) is 1.44. The van der Waals surface area contributed by atoms with Crippen LogP contribution in [-0.4, -0.2) is 35.6 Å². The lowest BCUT2D eigenvalue weighted by Gasteiger charge is -2.25. The van der Waals surface area contributed by atoms with Crippen molar-refractivity contribution < 1.29 is 19.1 Å². The molecule has 0 radical (unpaired) electrons. The molecule has 7 nitrogen and oxygen atoms in total. The van der Waals surface area contributed by atoms with Gasteiger partial charge in [-0.25, -0.2) is 9.59 Å². The lowest BCUT2D eigenvalue weighted by atomic mass is 10.0. The number of carbonyl (C=O) groups is 3. The molecule has 0 aliphatic carbocycles. The number of nitrogens with two attached hydrogens (primary N) is 1. The van der Waals surface area contributed by atoms with Gasteiger partial charge in [0.25, 0.3) is 0 Å². The minimum absolute atomic E-state index is 0.159. The third-order valence-corrected chi connectivity index (χ3v) is 2.37. The highest BCUT2D eigenvalue weighted by Gasteiger charge is 2.28. The van der Waals surface area contributed by atoms with E-state index in [1.165, 1.54) is 6.92 Å². The van der Waals surface area contributed by atoms with Gasteiger partial charge in [0.2, 0.25) is 5.91 Å². The smallest absolute Gasteiger partial charge is 0.328 e. The van der Waals surface area contributed by atoms with Gasteiger partial charge in [-0.2, -0.15) is 0 Å². The van der Waals surface area contributed by atoms with Gasteiger partial charge in [0, 0.05) is 0 Å². The molecule has 0 saturated heterocycles. The highest BCUT2D eigenvalue weighted by molar-refractivity contribution is 5.90. The first kappa shape index (κ1) is 18.2. The van der Waals surface area contributed by atoms with Crippen molar-refractivity contribution in [2.75, 3.05) is 0 Å². The summed E-state index contributed by atoms with van der Waals surface area (Å²) in [6, 6.07) is -2.39. The third kappa shape index (κ3) is 6.96. The molecule has 0 aromatic rings. The zero-order chi connectivity index (χ0) is 16.1. The molecule has 0 aliphatic heterocycles. The largest absolute Gasteiger partial charge is 0.458 e. The highest BCUT2D eigenvalue weighted by atomic mass is 16.6. The van der Waals surface area contributed by atoms with Crippen LogP contribution in [-0.2, 0) is 14.3 Å². The van der Waals surface area contributed by atoms with Gasteiger partial charge in [0.15, 0.2) is 0 Å². The van der Waals surface area contributed by atoms with Crippen LogP contribution in [0.3, 0.4) is 0 Å². The zero-order valence-electron chi connectivity index (χ0n) is 12.9. The Morgan fingerprint density at radius 3 is 1.90 bits per heavy atom. The minimum Gasteiger partial charge on any atom is -0.458 e. The van der Waals surface area contributed by atoms with Crippen LogP contribution in [0.15, 0.2) is 0 Å². The summed E-state index contributed by atoms with van der Waals surface area (Å²) >= 11 is 0. The van der Waals surface area contributed by atoms with E-state index in [9.17, 15) is 14.4 Å². The minimum atomic E-state index is -0.808. The molecule has 0 rings (SSSR count). The van der Waals surface area contributed by atoms with Crippen molar-refractivity contribution in [1.82, 2.24) is 10.6 Å². The molecule has 2 atom stereocenters. The molecule has 0 bridgehead atoms. The molecule has 0 saturated carbocycles. The number of primary amides is 1. The van der Waals surface area contributed by atoms with Crippen LogP contribution in [0.2, 0.25) is 0 Å². The van der Waals surface area contributed by atoms with Gasteiger partial charge >= 0.3 is 12.0 Å². The number of carbonyl (C=O) groups excluding carboxylic acids is 3. The molecule has 0 fully saturated rings. The number of esters is 1. The number of rotatable bonds is 5. The molecule has 0 aromatic heterocycles. The van der Waals surface area contributed by atoms with Crippen molar-refractivity contribution in [2.24, 2.45) is 11.7 Å². The molecule has 0 heterocycles. The van der Waals surface area contributed by atoms with Crippen LogP contribution >= 0.6 is 0 Å². The van der Waals surface area contributed by atoms with Crippen LogP contribution in [0.5, 0.6) is 0 Å². The Morgan fingerprint density at radius 1 is 1.05 bits per heavy atom. The number of hydrogen-bond acceptors (Lipinski definition) is 4. The fraction of sp³-hybridized carbons (Fsp3) is 0.769. The molecule has 3 amide bonds. The van der Waals surface area contributed by atoms with E-state index in [0.717, 1.165) is 0 Å². The van der Waals surface area contributed by atoms with E-state index < -0.39 is 35.6 Å². The Kier molecular flexibility index (Phi) is 6.48. The summed E-state index contributed by atoms with van der Waals surface area (Å²) in [6.45, 7) is 10.3. The summed E-state index contributed by atoms with van der Waals surface area (Å²) in [5, 5.41) is 4.85. The Morgan fingerprint density at radius 2 is 1.55 bits per heavy atom. The normalized spacial score (nSPS) is 14.3. The molecule has 0 aromatic carbocycles. The van der Waals surface area contributed by atoms with E-state index in [1.54, 1.807) is 34.6 Å². The number of ether oxygens (including phenoxy) is 1. The van der Waals surface area contributed by atoms with Gasteiger partial charge in [0.1, 0.15) is 17.7 Å². The first-order valence-corrected chi connectivity index (χ1v) is 6.53. The van der Waals surface area contributed by atoms with E-state index in [0.29, 0.717) is 0 Å². The molecule has 7 heteroatoms. The third-order valence-electron chi connectivity index (χ3n) is 2.37. The average Bonchev–Trinajstić information content (AvgIpc) is 2.22. The second kappa shape index (κ2) is 7.12. The number of amides is 3. The zero-order valence-corrected chi connectivity index (χ0v) is 12.9. The molecule has 4 N–H and O–H groups in total. The number of hydrogen-bond donors (Lipinski definition) is 3. The molecule has 0 spiro atoms. The van der Waals surface area contributed by atoms with E-state index in [2.05, 4.69) is 10.6 Å². The maximum absolute atomic E-state index is 12.0. The Hall–Kier alpha value is -1.79. The van der Waals surface area contributed by atoms with Gasteiger partial charge in [-0.15, -0.1) is 0 Å². The Balaban J connectivity index is 4.63. The van der Waals surface area contributed by atoms with Crippen LogP contribution < -0.4 is 16.4 Å². The fourth-order valence-corrected chi connectivity index (χ4v) is 1.44. The maximum atomic E-state index is 12.0. The summed E-state index contributed by atoms with van der Waals surface area (Å²) in [5.41, 5.74) is 4.40. The number of nitrogens with one attached hydrogen (secondary N) is 2. The molecular formula is C13H25N3O4. The Bertz CT molecular complexity index is 374. The van der Waals surface area contributed by atoms with Gasteiger partial charge < -0.3 is 21.1 Å². The van der Waals surface area contributed by atoms with Crippen molar-refractivity contribution >= 4 is 17.9 Å². The van der Waals surface area contributed by atoms with Crippen molar-refractivity contribution in [3.63, 3.8) is 0 Å². The van der Waals surface area contributed by atoms with Crippen molar-refractivity contribution in [3.8, 4) is 0 Å². The standard InChI is InChI=1S/C13H25N3O4/c1-7(2)9(16-12(14)19)10(17)15-8(3)11(18)20-13(4,5)6/h7-9H,1-6H3,(H,15,17)(H3,14,16,19)/t8-,9?/m1/s1. The van der Waals surface area contributed by atoms with Crippen molar-refractivity contribution in [2.45, 2.75) is 59.2 Å². The summed E-state index contributed by atoms with van der Waals surface area (Å²) < 4.78 is 5.16. The van der Waals surface area contributed by atoms with Gasteiger partial charge in [-0.1, -0.05) is 13.8 Å². The number of urea groups is 1. The molecule has 116 valence electrons. The van der Waals surface area contributed by atoms with Gasteiger partial charge in [-0.3, -0.25) is 4.79 Å². The van der Waals surface area contributed by atoms with Crippen molar-refractivity contribution in [3.05, 3.63) is 0 Å². The summed E-state index contributed by atoms with van der Waals surface area (Å²) in [7, 11) is 0. The first-order chi connectivity index (χ1) is 8.94. The lowest BCUT2D eigenvalue weighted by molar-refractivity contribution is -0.158. The van der Waals surface area contributed by atoms with Gasteiger partial charge in [-0.05, 0) is 33.6 Å². The van der Waals surface area contributed by atoms with Gasteiger partial charge in [0.05, 0.1) is 0 Å². The van der Waals surface area contributed by atoms with Crippen LogP contribution in [0.4, 0.5) is 4.79 Å². The molecule has 0 aliphatic rings. The average molecular weight is 287 g/mol. The summed E-state index contributed by atoms with van der Waals surface area (Å²) in [6.07, 6.45) is 0. The second-order valence-corrected chi connectivity index (χ2v) is 5.99. The van der Waals surface area contributed by atoms with Crippen molar-refractivity contribution in [1.29, 1.82) is 0 Å². The predicted octanol–water partition coefficient (Wildman–Crippen LogP) is 0.526. The maximum Gasteiger partial charge on any atom is 0.328 e. The topological polar surface area (TPSA) is 111 Å². The predicted molar refractivity (Wildman–Crippen MR) is 74.8 cm³/mol. The highest BCUT2D eigenvalue weighted by Crippen LogP contribution is 2.09. The SMILES string of the molecule is CC(C)C(NC(N)=O)C(=O)N[C@H](C)C(=O)OC(C)(C)C. The van der Waals surface area contributed by atoms with Crippen LogP contribution in [0.25, 0.3) is 0 Å². The molecule has 20 heavy (non-hydrogen) atoms. The lowest BCUT2D eigenvalue weighted by Crippen LogP contribution is -2.54. The summed E-state index contributed by atoms with van der Waals surface area (Å²) in [5.74, 6) is -1.17. The van der Waals surface area contributed by atoms with Crippen LogP contribution in [0.1, 0.15) is 41.5 Å². The summed E-state index contributed by atoms with van der Waals surface area (Å²) in [4.78, 5) is 34.6. The van der Waals surface area contributed by atoms with E-state index in [4.69, 9.17) is 10.5 Å². The van der Waals surface area contributed by atoms with E-state index in [-0.39, 0.29) is 5.92 Å². The second-order valence-electron chi connectivity index (χ2n) is 5.99. The molecular weight excluding hydrogens is 262 g/mol. The van der Waals surface area contributed by atoms with E-state index in [1.807, 2.05) is 0 Å². The molecule has 1 unspecified atom stereocenters.